The Hall–Kier alpha value is -2.51. The number of nitro groups is 1. The standard InChI is InChI=1S/C13H15FN2O5/c1-6-4-9(16(20)21)5-10(11(6)14)12(17)15-8(3)7(2)13(18)19/h4-5,7-8H,1-3H3,(H,15,17)(H,18,19). The first-order valence-electron chi connectivity index (χ1n) is 6.13. The highest BCUT2D eigenvalue weighted by molar-refractivity contribution is 5.95. The number of nitro benzene ring substituents is 1. The molecule has 2 N–H and O–H groups in total. The normalized spacial score (nSPS) is 13.3. The summed E-state index contributed by atoms with van der Waals surface area (Å²) in [5.41, 5.74) is -0.919. The molecule has 0 aromatic heterocycles. The molecule has 0 aliphatic heterocycles. The third kappa shape index (κ3) is 3.74. The summed E-state index contributed by atoms with van der Waals surface area (Å²) >= 11 is 0. The summed E-state index contributed by atoms with van der Waals surface area (Å²) in [6.45, 7) is 4.16. The zero-order valence-electron chi connectivity index (χ0n) is 11.7. The molecule has 0 aliphatic rings. The summed E-state index contributed by atoms with van der Waals surface area (Å²) in [5.74, 6) is -3.75. The fourth-order valence-corrected chi connectivity index (χ4v) is 1.64. The molecule has 1 aromatic carbocycles. The van der Waals surface area contributed by atoms with Crippen molar-refractivity contribution < 1.29 is 24.0 Å². The second kappa shape index (κ2) is 6.29. The van der Waals surface area contributed by atoms with Gasteiger partial charge in [0.05, 0.1) is 16.4 Å². The fraction of sp³-hybridized carbons (Fsp3) is 0.385. The van der Waals surface area contributed by atoms with E-state index < -0.39 is 45.8 Å². The van der Waals surface area contributed by atoms with Gasteiger partial charge in [0.2, 0.25) is 0 Å². The lowest BCUT2D eigenvalue weighted by atomic mass is 10.0. The van der Waals surface area contributed by atoms with E-state index in [0.717, 1.165) is 12.1 Å². The van der Waals surface area contributed by atoms with Crippen molar-refractivity contribution >= 4 is 17.6 Å². The van der Waals surface area contributed by atoms with Crippen molar-refractivity contribution in [1.82, 2.24) is 5.32 Å². The number of hydrogen-bond donors (Lipinski definition) is 2. The maximum Gasteiger partial charge on any atom is 0.308 e. The lowest BCUT2D eigenvalue weighted by Gasteiger charge is -2.18. The topological polar surface area (TPSA) is 110 Å². The number of non-ortho nitro benzene ring substituents is 1. The number of carbonyl (C=O) groups is 2. The Morgan fingerprint density at radius 1 is 1.38 bits per heavy atom. The number of aryl methyl sites for hydroxylation is 1. The highest BCUT2D eigenvalue weighted by atomic mass is 19.1. The number of halogens is 1. The second-order valence-electron chi connectivity index (χ2n) is 4.77. The molecule has 0 spiro atoms. The quantitative estimate of drug-likeness (QED) is 0.637. The van der Waals surface area contributed by atoms with Gasteiger partial charge in [-0.25, -0.2) is 4.39 Å². The summed E-state index contributed by atoms with van der Waals surface area (Å²) in [7, 11) is 0. The molecular formula is C13H15FN2O5. The van der Waals surface area contributed by atoms with Crippen molar-refractivity contribution in [2.45, 2.75) is 26.8 Å². The third-order valence-corrected chi connectivity index (χ3v) is 3.19. The van der Waals surface area contributed by atoms with E-state index in [1.165, 1.54) is 20.8 Å². The number of nitrogens with one attached hydrogen (secondary N) is 1. The molecule has 21 heavy (non-hydrogen) atoms. The summed E-state index contributed by atoms with van der Waals surface area (Å²) in [5, 5.41) is 21.9. The van der Waals surface area contributed by atoms with Crippen molar-refractivity contribution in [2.75, 3.05) is 0 Å². The van der Waals surface area contributed by atoms with Crippen molar-refractivity contribution in [2.24, 2.45) is 5.92 Å². The predicted octanol–water partition coefficient (Wildman–Crippen LogP) is 1.88. The molecule has 0 fully saturated rings. The van der Waals surface area contributed by atoms with Crippen LogP contribution < -0.4 is 5.32 Å². The Labute approximate surface area is 119 Å². The Balaban J connectivity index is 3.07. The monoisotopic (exact) mass is 298 g/mol. The van der Waals surface area contributed by atoms with Gasteiger partial charge >= 0.3 is 5.97 Å². The van der Waals surface area contributed by atoms with Crippen LogP contribution in [0, 0.1) is 28.8 Å². The first kappa shape index (κ1) is 16.5. The highest BCUT2D eigenvalue weighted by Crippen LogP contribution is 2.21. The molecule has 0 bridgehead atoms. The summed E-state index contributed by atoms with van der Waals surface area (Å²) < 4.78 is 13.9. The first-order valence-corrected chi connectivity index (χ1v) is 6.13. The molecule has 0 aliphatic carbocycles. The Morgan fingerprint density at radius 2 is 1.95 bits per heavy atom. The highest BCUT2D eigenvalue weighted by Gasteiger charge is 2.25. The maximum absolute atomic E-state index is 13.9. The van der Waals surface area contributed by atoms with Gasteiger partial charge in [-0.2, -0.15) is 0 Å². The zero-order valence-corrected chi connectivity index (χ0v) is 11.7. The minimum atomic E-state index is -1.11. The van der Waals surface area contributed by atoms with Crippen molar-refractivity contribution in [1.29, 1.82) is 0 Å². The largest absolute Gasteiger partial charge is 0.481 e. The van der Waals surface area contributed by atoms with Crippen LogP contribution in [0.4, 0.5) is 10.1 Å². The van der Waals surface area contributed by atoms with Gasteiger partial charge in [-0.3, -0.25) is 19.7 Å². The molecule has 0 heterocycles. The van der Waals surface area contributed by atoms with E-state index in [0.29, 0.717) is 0 Å². The van der Waals surface area contributed by atoms with Gasteiger partial charge in [-0.1, -0.05) is 0 Å². The first-order chi connectivity index (χ1) is 9.65. The van der Waals surface area contributed by atoms with E-state index in [9.17, 15) is 24.1 Å². The van der Waals surface area contributed by atoms with Crippen molar-refractivity contribution in [3.63, 3.8) is 0 Å². The van der Waals surface area contributed by atoms with E-state index in [1.54, 1.807) is 0 Å². The van der Waals surface area contributed by atoms with Crippen LogP contribution >= 0.6 is 0 Å². The molecule has 1 rings (SSSR count). The lowest BCUT2D eigenvalue weighted by Crippen LogP contribution is -2.40. The van der Waals surface area contributed by atoms with Gasteiger partial charge in [-0.15, -0.1) is 0 Å². The number of aliphatic carboxylic acids is 1. The van der Waals surface area contributed by atoms with Crippen LogP contribution in [-0.4, -0.2) is 27.9 Å². The van der Waals surface area contributed by atoms with E-state index in [2.05, 4.69) is 5.32 Å². The number of amides is 1. The number of carbonyl (C=O) groups excluding carboxylic acids is 1. The fourth-order valence-electron chi connectivity index (χ4n) is 1.64. The molecule has 2 unspecified atom stereocenters. The van der Waals surface area contributed by atoms with Gasteiger partial charge in [0, 0.05) is 18.2 Å². The molecular weight excluding hydrogens is 283 g/mol. The number of benzene rings is 1. The SMILES string of the molecule is Cc1cc([N+](=O)[O-])cc(C(=O)NC(C)C(C)C(=O)O)c1F. The van der Waals surface area contributed by atoms with Crippen molar-refractivity contribution in [3.8, 4) is 0 Å². The van der Waals surface area contributed by atoms with Gasteiger partial charge in [0.15, 0.2) is 0 Å². The molecule has 114 valence electrons. The zero-order chi connectivity index (χ0) is 16.3. The van der Waals surface area contributed by atoms with Crippen LogP contribution in [0.2, 0.25) is 0 Å². The lowest BCUT2D eigenvalue weighted by molar-refractivity contribution is -0.385. The number of nitrogens with zero attached hydrogens (tertiary/aromatic N) is 1. The number of rotatable bonds is 5. The summed E-state index contributed by atoms with van der Waals surface area (Å²) in [6, 6.07) is 1.10. The molecule has 1 aromatic rings. The van der Waals surface area contributed by atoms with Crippen LogP contribution in [0.1, 0.15) is 29.8 Å². The van der Waals surface area contributed by atoms with Crippen molar-refractivity contribution in [3.05, 3.63) is 39.2 Å². The molecule has 1 amide bonds. The number of carboxylic acids is 1. The molecule has 0 saturated heterocycles. The summed E-state index contributed by atoms with van der Waals surface area (Å²) in [6.07, 6.45) is 0. The van der Waals surface area contributed by atoms with E-state index in [-0.39, 0.29) is 5.56 Å². The average molecular weight is 298 g/mol. The Bertz CT molecular complexity index is 602. The smallest absolute Gasteiger partial charge is 0.308 e. The summed E-state index contributed by atoms with van der Waals surface area (Å²) in [4.78, 5) is 32.8. The molecule has 8 heteroatoms. The Morgan fingerprint density at radius 3 is 2.43 bits per heavy atom. The van der Waals surface area contributed by atoms with E-state index >= 15 is 0 Å². The average Bonchev–Trinajstić information content (AvgIpc) is 2.39. The number of carboxylic acid groups (broad SMARTS) is 1. The van der Waals surface area contributed by atoms with Crippen LogP contribution in [0.15, 0.2) is 12.1 Å². The van der Waals surface area contributed by atoms with Gasteiger partial charge in [-0.05, 0) is 26.3 Å². The van der Waals surface area contributed by atoms with Crippen LogP contribution in [-0.2, 0) is 4.79 Å². The molecule has 0 radical (unpaired) electrons. The minimum absolute atomic E-state index is 0.0340. The van der Waals surface area contributed by atoms with Crippen LogP contribution in [0.5, 0.6) is 0 Å². The third-order valence-electron chi connectivity index (χ3n) is 3.19. The maximum atomic E-state index is 13.9. The molecule has 0 saturated carbocycles. The van der Waals surface area contributed by atoms with E-state index in [4.69, 9.17) is 5.11 Å². The number of hydrogen-bond acceptors (Lipinski definition) is 4. The van der Waals surface area contributed by atoms with Gasteiger partial charge in [0.25, 0.3) is 11.6 Å². The van der Waals surface area contributed by atoms with Crippen LogP contribution in [0.3, 0.4) is 0 Å². The van der Waals surface area contributed by atoms with E-state index in [1.807, 2.05) is 0 Å². The van der Waals surface area contributed by atoms with Gasteiger partial charge in [0.1, 0.15) is 5.82 Å². The van der Waals surface area contributed by atoms with Gasteiger partial charge < -0.3 is 10.4 Å². The minimum Gasteiger partial charge on any atom is -0.481 e. The molecule has 2 atom stereocenters. The Kier molecular flexibility index (Phi) is 4.96. The predicted molar refractivity (Wildman–Crippen MR) is 71.5 cm³/mol. The second-order valence-corrected chi connectivity index (χ2v) is 4.77. The molecule has 7 nitrogen and oxygen atoms in total. The van der Waals surface area contributed by atoms with Crippen LogP contribution in [0.25, 0.3) is 0 Å².